The highest BCUT2D eigenvalue weighted by Crippen LogP contribution is 2.26. The average molecular weight is 335 g/mol. The van der Waals surface area contributed by atoms with Crippen molar-refractivity contribution in [1.29, 1.82) is 0 Å². The van der Waals surface area contributed by atoms with Crippen molar-refractivity contribution in [2.45, 2.75) is 32.7 Å². The van der Waals surface area contributed by atoms with Crippen LogP contribution >= 0.6 is 0 Å². The van der Waals surface area contributed by atoms with Crippen molar-refractivity contribution in [3.05, 3.63) is 42.4 Å². The number of anilines is 2. The van der Waals surface area contributed by atoms with Crippen LogP contribution in [-0.2, 0) is 0 Å². The highest BCUT2D eigenvalue weighted by atomic mass is 15.2. The molecule has 0 aliphatic carbocycles. The molecule has 0 spiro atoms. The molecule has 0 aromatic carbocycles. The largest absolute Gasteiger partial charge is 0.367 e. The van der Waals surface area contributed by atoms with Crippen LogP contribution in [0.4, 0.5) is 11.6 Å². The molecule has 3 aromatic rings. The van der Waals surface area contributed by atoms with E-state index in [-0.39, 0.29) is 0 Å². The van der Waals surface area contributed by atoms with E-state index in [0.29, 0.717) is 6.04 Å². The van der Waals surface area contributed by atoms with Gasteiger partial charge in [0.05, 0.1) is 11.7 Å². The Hall–Kier alpha value is -2.83. The summed E-state index contributed by atoms with van der Waals surface area (Å²) >= 11 is 0. The van der Waals surface area contributed by atoms with Crippen LogP contribution < -0.4 is 10.2 Å². The van der Waals surface area contributed by atoms with Crippen molar-refractivity contribution >= 4 is 22.5 Å². The van der Waals surface area contributed by atoms with Gasteiger partial charge in [0.15, 0.2) is 0 Å². The maximum Gasteiger partial charge on any atom is 0.140 e. The zero-order valence-electron chi connectivity index (χ0n) is 14.5. The predicted octanol–water partition coefficient (Wildman–Crippen LogP) is 2.51. The zero-order chi connectivity index (χ0) is 17.2. The average Bonchev–Trinajstić information content (AvgIpc) is 2.62. The number of piperidine rings is 1. The number of nitrogens with zero attached hydrogens (tertiary/aromatic N) is 6. The second-order valence-corrected chi connectivity index (χ2v) is 6.44. The van der Waals surface area contributed by atoms with Gasteiger partial charge in [-0.1, -0.05) is 0 Å². The molecule has 0 amide bonds. The van der Waals surface area contributed by atoms with Crippen molar-refractivity contribution in [3.8, 4) is 0 Å². The van der Waals surface area contributed by atoms with E-state index in [1.165, 1.54) is 0 Å². The van der Waals surface area contributed by atoms with Gasteiger partial charge in [-0.15, -0.1) is 0 Å². The molecular formula is C18H21N7. The van der Waals surface area contributed by atoms with Gasteiger partial charge < -0.3 is 10.2 Å². The van der Waals surface area contributed by atoms with Crippen molar-refractivity contribution in [2.24, 2.45) is 0 Å². The molecule has 7 heteroatoms. The Labute approximate surface area is 146 Å². The van der Waals surface area contributed by atoms with Gasteiger partial charge >= 0.3 is 0 Å². The monoisotopic (exact) mass is 335 g/mol. The zero-order valence-corrected chi connectivity index (χ0v) is 14.5. The Kier molecular flexibility index (Phi) is 4.13. The number of aromatic nitrogens is 5. The van der Waals surface area contributed by atoms with Gasteiger partial charge in [0, 0.05) is 42.5 Å². The van der Waals surface area contributed by atoms with Gasteiger partial charge in [-0.25, -0.2) is 19.9 Å². The van der Waals surface area contributed by atoms with E-state index in [1.54, 1.807) is 18.7 Å². The summed E-state index contributed by atoms with van der Waals surface area (Å²) in [6.45, 7) is 5.82. The summed E-state index contributed by atoms with van der Waals surface area (Å²) in [4.78, 5) is 24.1. The minimum atomic E-state index is 0.418. The van der Waals surface area contributed by atoms with Crippen LogP contribution in [0.5, 0.6) is 0 Å². The van der Waals surface area contributed by atoms with Crippen LogP contribution in [0.15, 0.2) is 30.9 Å². The molecule has 4 heterocycles. The van der Waals surface area contributed by atoms with E-state index in [2.05, 4.69) is 30.2 Å². The minimum absolute atomic E-state index is 0.418. The fourth-order valence-electron chi connectivity index (χ4n) is 3.30. The number of hydrogen-bond acceptors (Lipinski definition) is 7. The van der Waals surface area contributed by atoms with Gasteiger partial charge in [0.25, 0.3) is 0 Å². The quantitative estimate of drug-likeness (QED) is 0.787. The van der Waals surface area contributed by atoms with Gasteiger partial charge in [0.2, 0.25) is 0 Å². The minimum Gasteiger partial charge on any atom is -0.367 e. The van der Waals surface area contributed by atoms with Gasteiger partial charge in [-0.2, -0.15) is 0 Å². The fourth-order valence-corrected chi connectivity index (χ4v) is 3.30. The van der Waals surface area contributed by atoms with E-state index in [1.807, 2.05) is 26.0 Å². The summed E-state index contributed by atoms with van der Waals surface area (Å²) in [5.41, 5.74) is 1.88. The van der Waals surface area contributed by atoms with Crippen LogP contribution in [0, 0.1) is 13.8 Å². The molecular weight excluding hydrogens is 314 g/mol. The van der Waals surface area contributed by atoms with Gasteiger partial charge in [0.1, 0.15) is 23.8 Å². The third-order valence-electron chi connectivity index (χ3n) is 4.54. The van der Waals surface area contributed by atoms with Crippen molar-refractivity contribution < 1.29 is 0 Å². The lowest BCUT2D eigenvalue weighted by molar-refractivity contribution is 0.523. The first-order valence-electron chi connectivity index (χ1n) is 8.57. The normalized spacial score (nSPS) is 15.5. The smallest absolute Gasteiger partial charge is 0.140 e. The molecule has 0 radical (unpaired) electrons. The van der Waals surface area contributed by atoms with Gasteiger partial charge in [-0.05, 0) is 32.8 Å². The summed E-state index contributed by atoms with van der Waals surface area (Å²) in [5.74, 6) is 2.70. The Morgan fingerprint density at radius 2 is 1.96 bits per heavy atom. The van der Waals surface area contributed by atoms with E-state index < -0.39 is 0 Å². The highest BCUT2D eigenvalue weighted by molar-refractivity contribution is 5.88. The summed E-state index contributed by atoms with van der Waals surface area (Å²) in [5, 5.41) is 4.59. The third kappa shape index (κ3) is 3.35. The molecule has 25 heavy (non-hydrogen) atoms. The molecule has 0 unspecified atom stereocenters. The number of hydrogen-bond donors (Lipinski definition) is 1. The van der Waals surface area contributed by atoms with Crippen molar-refractivity contribution in [2.75, 3.05) is 23.3 Å². The molecule has 0 saturated carbocycles. The SMILES string of the molecule is Cc1cc(NC2CCN(c3nc(C)nc4cnccc34)CC2)ncn1. The molecule has 128 valence electrons. The van der Waals surface area contributed by atoms with E-state index in [9.17, 15) is 0 Å². The summed E-state index contributed by atoms with van der Waals surface area (Å²) < 4.78 is 0. The molecule has 1 aliphatic heterocycles. The van der Waals surface area contributed by atoms with E-state index in [4.69, 9.17) is 4.98 Å². The first-order valence-corrected chi connectivity index (χ1v) is 8.57. The topological polar surface area (TPSA) is 79.7 Å². The van der Waals surface area contributed by atoms with Crippen molar-refractivity contribution in [1.82, 2.24) is 24.9 Å². The third-order valence-corrected chi connectivity index (χ3v) is 4.54. The maximum atomic E-state index is 4.69. The van der Waals surface area contributed by atoms with Gasteiger partial charge in [-0.3, -0.25) is 4.98 Å². The molecule has 1 aliphatic rings. The second-order valence-electron chi connectivity index (χ2n) is 6.44. The van der Waals surface area contributed by atoms with Crippen LogP contribution in [0.2, 0.25) is 0 Å². The molecule has 4 rings (SSSR count). The van der Waals surface area contributed by atoms with E-state index >= 15 is 0 Å². The Bertz CT molecular complexity index is 887. The number of fused-ring (bicyclic) bond motifs is 1. The number of rotatable bonds is 3. The molecule has 0 atom stereocenters. The Morgan fingerprint density at radius 3 is 2.76 bits per heavy atom. The number of pyridine rings is 1. The first kappa shape index (κ1) is 15.7. The highest BCUT2D eigenvalue weighted by Gasteiger charge is 2.22. The molecule has 3 aromatic heterocycles. The van der Waals surface area contributed by atoms with Crippen LogP contribution in [0.3, 0.4) is 0 Å². The Balaban J connectivity index is 1.49. The molecule has 0 bridgehead atoms. The molecule has 1 fully saturated rings. The Morgan fingerprint density at radius 1 is 1.12 bits per heavy atom. The molecule has 1 saturated heterocycles. The standard InChI is InChI=1S/C18H21N7/c1-12-9-17(21-11-20-12)24-14-4-7-25(8-5-14)18-15-3-6-19-10-16(15)22-13(2)23-18/h3,6,9-11,14H,4-5,7-8H2,1-2H3,(H,20,21,24). The molecule has 1 N–H and O–H groups in total. The molecule has 7 nitrogen and oxygen atoms in total. The maximum absolute atomic E-state index is 4.69. The number of aryl methyl sites for hydroxylation is 2. The first-order chi connectivity index (χ1) is 12.2. The number of nitrogens with one attached hydrogen (secondary N) is 1. The lowest BCUT2D eigenvalue weighted by Gasteiger charge is -2.34. The van der Waals surface area contributed by atoms with Crippen molar-refractivity contribution in [3.63, 3.8) is 0 Å². The predicted molar refractivity (Wildman–Crippen MR) is 97.7 cm³/mol. The fraction of sp³-hybridized carbons (Fsp3) is 0.389. The summed E-state index contributed by atoms with van der Waals surface area (Å²) in [6.07, 6.45) is 7.30. The lowest BCUT2D eigenvalue weighted by Crippen LogP contribution is -2.39. The summed E-state index contributed by atoms with van der Waals surface area (Å²) in [7, 11) is 0. The summed E-state index contributed by atoms with van der Waals surface area (Å²) in [6, 6.07) is 4.40. The van der Waals surface area contributed by atoms with Crippen LogP contribution in [0.1, 0.15) is 24.4 Å². The second kappa shape index (κ2) is 6.58. The van der Waals surface area contributed by atoms with Crippen LogP contribution in [-0.4, -0.2) is 44.1 Å². The lowest BCUT2D eigenvalue weighted by atomic mass is 10.0. The van der Waals surface area contributed by atoms with Crippen LogP contribution in [0.25, 0.3) is 10.9 Å². The van der Waals surface area contributed by atoms with E-state index in [0.717, 1.165) is 60.0 Å².